The molecule has 3 rings (SSSR count). The van der Waals surface area contributed by atoms with E-state index in [1.807, 2.05) is 40.7 Å². The summed E-state index contributed by atoms with van der Waals surface area (Å²) in [4.78, 5) is 17.8. The van der Waals surface area contributed by atoms with E-state index in [1.165, 1.54) is 24.8 Å². The number of pyridine rings is 1. The molecule has 1 unspecified atom stereocenters. The second-order valence-electron chi connectivity index (χ2n) is 8.74. The second-order valence-corrected chi connectivity index (χ2v) is 8.74. The zero-order valence-electron chi connectivity index (χ0n) is 17.9. The number of benzene rings is 1. The van der Waals surface area contributed by atoms with Gasteiger partial charge in [0.05, 0.1) is 17.7 Å². The molecule has 1 aliphatic rings. The second kappa shape index (κ2) is 8.60. The van der Waals surface area contributed by atoms with Crippen LogP contribution in [0.1, 0.15) is 88.6 Å². The van der Waals surface area contributed by atoms with E-state index in [-0.39, 0.29) is 5.97 Å². The van der Waals surface area contributed by atoms with Crippen LogP contribution in [0.2, 0.25) is 0 Å². The number of esters is 1. The standard InChI is InChI=1S/C24H33NO3/c1-6-27-23(26)22(28-24(3,4)5)20-16(2)25-19-15-11-10-14-18(19)21(20)17-12-8-7-9-13-17/h10-11,14-15,17,22H,6-9,12-13H2,1-5H3. The summed E-state index contributed by atoms with van der Waals surface area (Å²) in [6, 6.07) is 8.27. The van der Waals surface area contributed by atoms with Crippen molar-refractivity contribution in [2.75, 3.05) is 6.61 Å². The van der Waals surface area contributed by atoms with Crippen LogP contribution >= 0.6 is 0 Å². The Kier molecular flexibility index (Phi) is 6.39. The number of hydrogen-bond acceptors (Lipinski definition) is 4. The van der Waals surface area contributed by atoms with Crippen LogP contribution in [0.25, 0.3) is 10.9 Å². The number of hydrogen-bond donors (Lipinski definition) is 0. The average molecular weight is 384 g/mol. The quantitative estimate of drug-likeness (QED) is 0.593. The molecule has 0 radical (unpaired) electrons. The van der Waals surface area contributed by atoms with Crippen LogP contribution in [-0.2, 0) is 14.3 Å². The first-order valence-corrected chi connectivity index (χ1v) is 10.6. The van der Waals surface area contributed by atoms with E-state index in [1.54, 1.807) is 0 Å². The Morgan fingerprint density at radius 2 is 1.86 bits per heavy atom. The summed E-state index contributed by atoms with van der Waals surface area (Å²) in [5.41, 5.74) is 3.53. The number of aromatic nitrogens is 1. The predicted molar refractivity (Wildman–Crippen MR) is 113 cm³/mol. The van der Waals surface area contributed by atoms with Gasteiger partial charge < -0.3 is 9.47 Å². The minimum Gasteiger partial charge on any atom is -0.464 e. The number of aryl methyl sites for hydroxylation is 1. The van der Waals surface area contributed by atoms with Crippen LogP contribution in [0.4, 0.5) is 0 Å². The van der Waals surface area contributed by atoms with Crippen LogP contribution in [-0.4, -0.2) is 23.2 Å². The normalized spacial score (nSPS) is 16.9. The van der Waals surface area contributed by atoms with Crippen LogP contribution in [0.15, 0.2) is 24.3 Å². The van der Waals surface area contributed by atoms with Crippen LogP contribution in [0.5, 0.6) is 0 Å². The lowest BCUT2D eigenvalue weighted by molar-refractivity contribution is -0.167. The van der Waals surface area contributed by atoms with E-state index in [2.05, 4.69) is 18.2 Å². The minimum atomic E-state index is -0.756. The van der Waals surface area contributed by atoms with Gasteiger partial charge in [-0.15, -0.1) is 0 Å². The summed E-state index contributed by atoms with van der Waals surface area (Å²) >= 11 is 0. The summed E-state index contributed by atoms with van der Waals surface area (Å²) in [6.45, 7) is 10.1. The Hall–Kier alpha value is -1.94. The molecule has 1 fully saturated rings. The molecule has 1 aromatic heterocycles. The summed E-state index contributed by atoms with van der Waals surface area (Å²) in [5, 5.41) is 1.14. The van der Waals surface area contributed by atoms with Gasteiger partial charge >= 0.3 is 5.97 Å². The third-order valence-corrected chi connectivity index (χ3v) is 5.41. The van der Waals surface area contributed by atoms with Crippen LogP contribution < -0.4 is 0 Å². The van der Waals surface area contributed by atoms with Gasteiger partial charge in [0, 0.05) is 16.6 Å². The number of rotatable bonds is 5. The molecule has 152 valence electrons. The largest absolute Gasteiger partial charge is 0.464 e. The number of fused-ring (bicyclic) bond motifs is 1. The molecule has 2 aromatic rings. The molecule has 0 N–H and O–H groups in total. The van der Waals surface area contributed by atoms with Crippen molar-refractivity contribution >= 4 is 16.9 Å². The van der Waals surface area contributed by atoms with E-state index < -0.39 is 11.7 Å². The molecule has 0 aliphatic heterocycles. The van der Waals surface area contributed by atoms with Crippen LogP contribution in [0, 0.1) is 6.92 Å². The fraction of sp³-hybridized carbons (Fsp3) is 0.583. The molecule has 1 atom stereocenters. The zero-order valence-corrected chi connectivity index (χ0v) is 17.9. The molecule has 4 heteroatoms. The topological polar surface area (TPSA) is 48.4 Å². The summed E-state index contributed by atoms with van der Waals surface area (Å²) < 4.78 is 11.7. The van der Waals surface area contributed by atoms with Gasteiger partial charge in [-0.05, 0) is 65.0 Å². The van der Waals surface area contributed by atoms with Crippen molar-refractivity contribution in [2.24, 2.45) is 0 Å². The van der Waals surface area contributed by atoms with Crippen molar-refractivity contribution in [1.29, 1.82) is 0 Å². The lowest BCUT2D eigenvalue weighted by Crippen LogP contribution is -2.30. The molecular formula is C24H33NO3. The highest BCUT2D eigenvalue weighted by atomic mass is 16.6. The fourth-order valence-electron chi connectivity index (χ4n) is 4.34. The zero-order chi connectivity index (χ0) is 20.3. The molecule has 1 saturated carbocycles. The minimum absolute atomic E-state index is 0.324. The Morgan fingerprint density at radius 3 is 2.50 bits per heavy atom. The van der Waals surface area contributed by atoms with Gasteiger partial charge in [0.1, 0.15) is 0 Å². The first-order valence-electron chi connectivity index (χ1n) is 10.6. The predicted octanol–water partition coefficient (Wildman–Crippen LogP) is 6.01. The third kappa shape index (κ3) is 4.54. The molecule has 1 aliphatic carbocycles. The van der Waals surface area contributed by atoms with Crippen molar-refractivity contribution in [2.45, 2.75) is 84.3 Å². The number of nitrogens with zero attached hydrogens (tertiary/aromatic N) is 1. The molecule has 0 bridgehead atoms. The summed E-state index contributed by atoms with van der Waals surface area (Å²) in [5.74, 6) is 0.102. The molecule has 1 heterocycles. The van der Waals surface area contributed by atoms with Crippen LogP contribution in [0.3, 0.4) is 0 Å². The summed E-state index contributed by atoms with van der Waals surface area (Å²) in [7, 11) is 0. The molecule has 0 spiro atoms. The Bertz CT molecular complexity index is 832. The lowest BCUT2D eigenvalue weighted by atomic mass is 9.79. The number of carbonyl (C=O) groups excluding carboxylic acids is 1. The van der Waals surface area contributed by atoms with E-state index in [0.29, 0.717) is 12.5 Å². The molecule has 1 aromatic carbocycles. The Morgan fingerprint density at radius 1 is 1.18 bits per heavy atom. The highest BCUT2D eigenvalue weighted by molar-refractivity contribution is 5.87. The van der Waals surface area contributed by atoms with Gasteiger partial charge in [-0.25, -0.2) is 4.79 Å². The molecular weight excluding hydrogens is 350 g/mol. The average Bonchev–Trinajstić information content (AvgIpc) is 2.65. The van der Waals surface area contributed by atoms with Gasteiger partial charge in [0.25, 0.3) is 0 Å². The first-order chi connectivity index (χ1) is 13.3. The highest BCUT2D eigenvalue weighted by Crippen LogP contribution is 2.42. The maximum Gasteiger partial charge on any atom is 0.340 e. The molecule has 0 saturated heterocycles. The maximum atomic E-state index is 13.0. The number of ether oxygens (including phenoxy) is 2. The smallest absolute Gasteiger partial charge is 0.340 e. The van der Waals surface area contributed by atoms with E-state index in [9.17, 15) is 4.79 Å². The lowest BCUT2D eigenvalue weighted by Gasteiger charge is -2.32. The SMILES string of the molecule is CCOC(=O)C(OC(C)(C)C)c1c(C)nc2ccccc2c1C1CCCCC1. The van der Waals surface area contributed by atoms with E-state index >= 15 is 0 Å². The fourth-order valence-corrected chi connectivity index (χ4v) is 4.34. The monoisotopic (exact) mass is 383 g/mol. The summed E-state index contributed by atoms with van der Waals surface area (Å²) in [6.07, 6.45) is 5.27. The van der Waals surface area contributed by atoms with Gasteiger partial charge in [-0.1, -0.05) is 37.5 Å². The maximum absolute atomic E-state index is 13.0. The van der Waals surface area contributed by atoms with Gasteiger partial charge in [0.15, 0.2) is 6.10 Å². The molecule has 28 heavy (non-hydrogen) atoms. The molecule has 4 nitrogen and oxygen atoms in total. The van der Waals surface area contributed by atoms with Crippen molar-refractivity contribution in [3.8, 4) is 0 Å². The van der Waals surface area contributed by atoms with E-state index in [0.717, 1.165) is 35.0 Å². The Labute approximate surface area is 168 Å². The highest BCUT2D eigenvalue weighted by Gasteiger charge is 2.35. The van der Waals surface area contributed by atoms with Crippen molar-refractivity contribution in [3.63, 3.8) is 0 Å². The third-order valence-electron chi connectivity index (χ3n) is 5.41. The Balaban J connectivity index is 2.23. The van der Waals surface area contributed by atoms with Gasteiger partial charge in [-0.3, -0.25) is 4.98 Å². The van der Waals surface area contributed by atoms with Crippen molar-refractivity contribution in [3.05, 3.63) is 41.1 Å². The van der Waals surface area contributed by atoms with Crippen molar-refractivity contribution < 1.29 is 14.3 Å². The first kappa shape index (κ1) is 20.8. The number of para-hydroxylation sites is 1. The number of carbonyl (C=O) groups is 1. The van der Waals surface area contributed by atoms with Gasteiger partial charge in [-0.2, -0.15) is 0 Å². The van der Waals surface area contributed by atoms with Crippen molar-refractivity contribution in [1.82, 2.24) is 4.98 Å². The van der Waals surface area contributed by atoms with Gasteiger partial charge in [0.2, 0.25) is 0 Å². The molecule has 0 amide bonds. The van der Waals surface area contributed by atoms with E-state index in [4.69, 9.17) is 14.5 Å².